The minimum absolute atomic E-state index is 0.126. The largest absolute Gasteiger partial charge is 0.450 e. The Balaban J connectivity index is 3.98. The van der Waals surface area contributed by atoms with Crippen molar-refractivity contribution in [2.24, 2.45) is 5.92 Å². The van der Waals surface area contributed by atoms with Crippen LogP contribution < -0.4 is 5.32 Å². The van der Waals surface area contributed by atoms with E-state index < -0.39 is 18.2 Å². The first-order chi connectivity index (χ1) is 7.47. The fourth-order valence-corrected chi connectivity index (χ4v) is 1.17. The molecular formula is C11H20FNO3. The summed E-state index contributed by atoms with van der Waals surface area (Å²) in [5, 5.41) is 2.22. The van der Waals surface area contributed by atoms with Gasteiger partial charge in [0.1, 0.15) is 6.04 Å². The second-order valence-electron chi connectivity index (χ2n) is 4.12. The zero-order valence-corrected chi connectivity index (χ0v) is 10.1. The third-order valence-corrected chi connectivity index (χ3v) is 2.00. The van der Waals surface area contributed by atoms with Gasteiger partial charge in [-0.1, -0.05) is 27.2 Å². The van der Waals surface area contributed by atoms with Crippen LogP contribution in [0.3, 0.4) is 0 Å². The van der Waals surface area contributed by atoms with Crippen molar-refractivity contribution in [2.75, 3.05) is 6.61 Å². The third-order valence-electron chi connectivity index (χ3n) is 2.00. The molecule has 0 aliphatic heterocycles. The Morgan fingerprint density at radius 2 is 2.00 bits per heavy atom. The van der Waals surface area contributed by atoms with E-state index >= 15 is 0 Å². The predicted molar refractivity (Wildman–Crippen MR) is 58.7 cm³/mol. The highest BCUT2D eigenvalue weighted by atomic mass is 19.1. The molecule has 1 amide bonds. The SMILES string of the molecule is CCCCOC(=O)N[C@H](CC(C)C)C(=O)F. The summed E-state index contributed by atoms with van der Waals surface area (Å²) in [6.07, 6.45) is 1.21. The lowest BCUT2D eigenvalue weighted by Gasteiger charge is -2.15. The molecule has 0 aliphatic carbocycles. The molecule has 0 saturated heterocycles. The first-order valence-corrected chi connectivity index (χ1v) is 5.60. The van der Waals surface area contributed by atoms with E-state index in [1.165, 1.54) is 0 Å². The fraction of sp³-hybridized carbons (Fsp3) is 0.818. The maximum absolute atomic E-state index is 12.6. The Kier molecular flexibility index (Phi) is 7.50. The van der Waals surface area contributed by atoms with Crippen molar-refractivity contribution >= 4 is 12.1 Å². The maximum atomic E-state index is 12.6. The minimum atomic E-state index is -1.53. The molecule has 0 aromatic carbocycles. The Morgan fingerprint density at radius 1 is 1.38 bits per heavy atom. The molecule has 5 heteroatoms. The number of carbonyl (C=O) groups is 2. The van der Waals surface area contributed by atoms with Gasteiger partial charge >= 0.3 is 12.1 Å². The smallest absolute Gasteiger partial charge is 0.407 e. The summed E-state index contributed by atoms with van der Waals surface area (Å²) in [7, 11) is 0. The van der Waals surface area contributed by atoms with Crippen LogP contribution in [-0.4, -0.2) is 24.8 Å². The third kappa shape index (κ3) is 7.20. The normalized spacial score (nSPS) is 12.3. The number of halogens is 1. The molecule has 1 N–H and O–H groups in total. The number of amides is 1. The van der Waals surface area contributed by atoms with Crippen LogP contribution in [0.1, 0.15) is 40.0 Å². The van der Waals surface area contributed by atoms with E-state index in [0.29, 0.717) is 0 Å². The Morgan fingerprint density at radius 3 is 2.44 bits per heavy atom. The van der Waals surface area contributed by atoms with Crippen molar-refractivity contribution in [3.8, 4) is 0 Å². The van der Waals surface area contributed by atoms with E-state index in [2.05, 4.69) is 5.32 Å². The summed E-state index contributed by atoms with van der Waals surface area (Å²) in [6.45, 7) is 5.95. The van der Waals surface area contributed by atoms with Crippen LogP contribution in [0.5, 0.6) is 0 Å². The zero-order chi connectivity index (χ0) is 12.6. The Hall–Kier alpha value is -1.13. The topological polar surface area (TPSA) is 55.4 Å². The van der Waals surface area contributed by atoms with Crippen LogP contribution in [0.2, 0.25) is 0 Å². The van der Waals surface area contributed by atoms with E-state index in [4.69, 9.17) is 4.74 Å². The number of hydrogen-bond donors (Lipinski definition) is 1. The van der Waals surface area contributed by atoms with Gasteiger partial charge in [-0.2, -0.15) is 4.39 Å². The van der Waals surface area contributed by atoms with Gasteiger partial charge in [-0.05, 0) is 18.8 Å². The molecule has 0 radical (unpaired) electrons. The van der Waals surface area contributed by atoms with E-state index in [9.17, 15) is 14.0 Å². The molecule has 0 saturated carbocycles. The molecule has 0 aromatic heterocycles. The lowest BCUT2D eigenvalue weighted by atomic mass is 10.0. The van der Waals surface area contributed by atoms with Gasteiger partial charge in [0, 0.05) is 0 Å². The number of rotatable bonds is 7. The van der Waals surface area contributed by atoms with Crippen molar-refractivity contribution in [3.63, 3.8) is 0 Å². The van der Waals surface area contributed by atoms with Crippen LogP contribution in [0.4, 0.5) is 9.18 Å². The quantitative estimate of drug-likeness (QED) is 0.542. The summed E-state index contributed by atoms with van der Waals surface area (Å²) >= 11 is 0. The maximum Gasteiger partial charge on any atom is 0.407 e. The number of alkyl carbamates (subject to hydrolysis) is 1. The molecule has 0 bridgehead atoms. The van der Waals surface area contributed by atoms with Gasteiger partial charge in [-0.15, -0.1) is 0 Å². The minimum Gasteiger partial charge on any atom is -0.450 e. The molecule has 1 atom stereocenters. The molecule has 16 heavy (non-hydrogen) atoms. The van der Waals surface area contributed by atoms with E-state index in [-0.39, 0.29) is 18.9 Å². The lowest BCUT2D eigenvalue weighted by Crippen LogP contribution is -2.40. The second kappa shape index (κ2) is 8.07. The van der Waals surface area contributed by atoms with Gasteiger partial charge < -0.3 is 10.1 Å². The molecule has 0 rings (SSSR count). The monoisotopic (exact) mass is 233 g/mol. The van der Waals surface area contributed by atoms with Gasteiger partial charge in [-0.3, -0.25) is 4.79 Å². The molecular weight excluding hydrogens is 213 g/mol. The summed E-state index contributed by atoms with van der Waals surface area (Å²) in [6, 6.07) is -2.62. The van der Waals surface area contributed by atoms with Crippen molar-refractivity contribution in [3.05, 3.63) is 0 Å². The van der Waals surface area contributed by atoms with E-state index in [1.807, 2.05) is 20.8 Å². The number of unbranched alkanes of at least 4 members (excludes halogenated alkanes) is 1. The van der Waals surface area contributed by atoms with Gasteiger partial charge in [-0.25, -0.2) is 4.79 Å². The molecule has 94 valence electrons. The fourth-order valence-electron chi connectivity index (χ4n) is 1.17. The van der Waals surface area contributed by atoms with Crippen molar-refractivity contribution in [2.45, 2.75) is 46.1 Å². The van der Waals surface area contributed by atoms with Gasteiger partial charge in [0.2, 0.25) is 0 Å². The van der Waals surface area contributed by atoms with Gasteiger partial charge in [0.15, 0.2) is 0 Å². The van der Waals surface area contributed by atoms with Crippen LogP contribution in [0, 0.1) is 5.92 Å². The highest BCUT2D eigenvalue weighted by Crippen LogP contribution is 2.06. The molecule has 0 heterocycles. The zero-order valence-electron chi connectivity index (χ0n) is 10.1. The standard InChI is InChI=1S/C11H20FNO3/c1-4-5-6-16-11(15)13-9(10(12)14)7-8(2)3/h8-9H,4-7H2,1-3H3,(H,13,15)/t9-/m1/s1. The highest BCUT2D eigenvalue weighted by molar-refractivity contribution is 5.80. The molecule has 0 aliphatic rings. The van der Waals surface area contributed by atoms with Gasteiger partial charge in [0.05, 0.1) is 6.61 Å². The van der Waals surface area contributed by atoms with Crippen molar-refractivity contribution in [1.29, 1.82) is 0 Å². The first-order valence-electron chi connectivity index (χ1n) is 5.60. The molecule has 0 fully saturated rings. The summed E-state index contributed by atoms with van der Waals surface area (Å²) < 4.78 is 17.3. The number of ether oxygens (including phenoxy) is 1. The number of nitrogens with one attached hydrogen (secondary N) is 1. The molecule has 0 spiro atoms. The lowest BCUT2D eigenvalue weighted by molar-refractivity contribution is -0.131. The highest BCUT2D eigenvalue weighted by Gasteiger charge is 2.22. The summed E-state index contributed by atoms with van der Waals surface area (Å²) in [5.41, 5.74) is 0. The second-order valence-corrected chi connectivity index (χ2v) is 4.12. The number of hydrogen-bond acceptors (Lipinski definition) is 3. The van der Waals surface area contributed by atoms with Crippen LogP contribution >= 0.6 is 0 Å². The van der Waals surface area contributed by atoms with Crippen LogP contribution in [-0.2, 0) is 9.53 Å². The van der Waals surface area contributed by atoms with E-state index in [1.54, 1.807) is 0 Å². The number of carbonyl (C=O) groups excluding carboxylic acids is 2. The summed E-state index contributed by atoms with van der Waals surface area (Å²) in [4.78, 5) is 21.8. The molecule has 0 unspecified atom stereocenters. The van der Waals surface area contributed by atoms with Crippen LogP contribution in [0.15, 0.2) is 0 Å². The average Bonchev–Trinajstić information content (AvgIpc) is 2.16. The Bertz CT molecular complexity index is 231. The first kappa shape index (κ1) is 14.9. The van der Waals surface area contributed by atoms with E-state index in [0.717, 1.165) is 12.8 Å². The predicted octanol–water partition coefficient (Wildman–Crippen LogP) is 2.42. The molecule has 4 nitrogen and oxygen atoms in total. The summed E-state index contributed by atoms with van der Waals surface area (Å²) in [5.74, 6) is 0.126. The Labute approximate surface area is 95.5 Å². The average molecular weight is 233 g/mol. The molecule has 0 aromatic rings. The van der Waals surface area contributed by atoms with Crippen molar-refractivity contribution in [1.82, 2.24) is 5.32 Å². The van der Waals surface area contributed by atoms with Gasteiger partial charge in [0.25, 0.3) is 0 Å². The van der Waals surface area contributed by atoms with Crippen LogP contribution in [0.25, 0.3) is 0 Å². The van der Waals surface area contributed by atoms with Crippen molar-refractivity contribution < 1.29 is 18.7 Å².